The molecule has 0 saturated heterocycles. The van der Waals surface area contributed by atoms with E-state index in [0.717, 1.165) is 12.2 Å². The van der Waals surface area contributed by atoms with Crippen molar-refractivity contribution in [3.05, 3.63) is 29.8 Å². The smallest absolute Gasteiger partial charge is 0.131 e. The van der Waals surface area contributed by atoms with Crippen LogP contribution in [0.4, 0.5) is 5.69 Å². The fourth-order valence-electron chi connectivity index (χ4n) is 1.14. The van der Waals surface area contributed by atoms with Crippen LogP contribution in [0.15, 0.2) is 24.3 Å². The Kier molecular flexibility index (Phi) is 3.50. The normalized spacial score (nSPS) is 9.69. The fourth-order valence-corrected chi connectivity index (χ4v) is 1.14. The first kappa shape index (κ1) is 9.78. The van der Waals surface area contributed by atoms with Gasteiger partial charge in [0.1, 0.15) is 5.78 Å². The predicted molar refractivity (Wildman–Crippen MR) is 55.0 cm³/mol. The maximum atomic E-state index is 10.7. The summed E-state index contributed by atoms with van der Waals surface area (Å²) < 4.78 is 0. The lowest BCUT2D eigenvalue weighted by Gasteiger charge is -2.04. The Morgan fingerprint density at radius 3 is 2.85 bits per heavy atom. The van der Waals surface area contributed by atoms with Crippen LogP contribution in [0.3, 0.4) is 0 Å². The van der Waals surface area contributed by atoms with Crippen LogP contribution in [0, 0.1) is 6.92 Å². The van der Waals surface area contributed by atoms with Crippen LogP contribution < -0.4 is 5.32 Å². The molecule has 1 aromatic rings. The Hall–Kier alpha value is -1.31. The van der Waals surface area contributed by atoms with Crippen molar-refractivity contribution in [1.29, 1.82) is 0 Å². The molecule has 1 rings (SSSR count). The lowest BCUT2D eigenvalue weighted by molar-refractivity contribution is -0.116. The second-order valence-corrected chi connectivity index (χ2v) is 3.25. The number of nitrogens with one attached hydrogen (secondary N) is 1. The molecule has 70 valence electrons. The van der Waals surface area contributed by atoms with E-state index in [-0.39, 0.29) is 5.78 Å². The molecule has 0 radical (unpaired) electrons. The lowest BCUT2D eigenvalue weighted by Crippen LogP contribution is -2.05. The molecular weight excluding hydrogens is 162 g/mol. The quantitative estimate of drug-likeness (QED) is 0.765. The molecule has 13 heavy (non-hydrogen) atoms. The van der Waals surface area contributed by atoms with E-state index in [1.807, 2.05) is 12.1 Å². The second kappa shape index (κ2) is 4.65. The molecule has 0 saturated carbocycles. The average molecular weight is 177 g/mol. The molecule has 1 N–H and O–H groups in total. The Morgan fingerprint density at radius 2 is 2.23 bits per heavy atom. The zero-order valence-electron chi connectivity index (χ0n) is 8.13. The van der Waals surface area contributed by atoms with Crippen LogP contribution in [-0.4, -0.2) is 12.3 Å². The third-order valence-electron chi connectivity index (χ3n) is 1.82. The predicted octanol–water partition coefficient (Wildman–Crippen LogP) is 2.39. The van der Waals surface area contributed by atoms with Crippen LogP contribution in [0.5, 0.6) is 0 Å². The monoisotopic (exact) mass is 177 g/mol. The number of ketones is 1. The second-order valence-electron chi connectivity index (χ2n) is 3.25. The van der Waals surface area contributed by atoms with Crippen molar-refractivity contribution >= 4 is 11.5 Å². The Balaban J connectivity index is 2.41. The number of carbonyl (C=O) groups excluding carboxylic acids is 1. The van der Waals surface area contributed by atoms with Crippen molar-refractivity contribution in [2.45, 2.75) is 20.3 Å². The number of benzene rings is 1. The van der Waals surface area contributed by atoms with E-state index in [0.29, 0.717) is 6.42 Å². The van der Waals surface area contributed by atoms with Gasteiger partial charge in [-0.1, -0.05) is 12.1 Å². The van der Waals surface area contributed by atoms with Gasteiger partial charge >= 0.3 is 0 Å². The number of rotatable bonds is 4. The largest absolute Gasteiger partial charge is 0.385 e. The van der Waals surface area contributed by atoms with E-state index in [4.69, 9.17) is 0 Å². The highest BCUT2D eigenvalue weighted by Gasteiger charge is 1.94. The molecule has 0 aromatic heterocycles. The van der Waals surface area contributed by atoms with Crippen molar-refractivity contribution in [3.63, 3.8) is 0 Å². The van der Waals surface area contributed by atoms with Crippen molar-refractivity contribution in [3.8, 4) is 0 Å². The van der Waals surface area contributed by atoms with Gasteiger partial charge in [-0.05, 0) is 31.5 Å². The molecule has 0 bridgehead atoms. The number of anilines is 1. The molecule has 0 aliphatic rings. The molecule has 0 aliphatic heterocycles. The molecule has 0 spiro atoms. The Labute approximate surface area is 79.0 Å². The van der Waals surface area contributed by atoms with Crippen LogP contribution >= 0.6 is 0 Å². The molecule has 2 nitrogen and oxygen atoms in total. The number of hydrogen-bond donors (Lipinski definition) is 1. The molecule has 0 aliphatic carbocycles. The van der Waals surface area contributed by atoms with Crippen LogP contribution in [0.25, 0.3) is 0 Å². The minimum Gasteiger partial charge on any atom is -0.385 e. The van der Waals surface area contributed by atoms with Gasteiger partial charge in [-0.15, -0.1) is 0 Å². The molecule has 0 unspecified atom stereocenters. The molecule has 0 fully saturated rings. The number of hydrogen-bond acceptors (Lipinski definition) is 2. The summed E-state index contributed by atoms with van der Waals surface area (Å²) in [6, 6.07) is 8.13. The maximum Gasteiger partial charge on any atom is 0.131 e. The molecule has 0 atom stereocenters. The van der Waals surface area contributed by atoms with Gasteiger partial charge in [-0.2, -0.15) is 0 Å². The summed E-state index contributed by atoms with van der Waals surface area (Å²) in [4.78, 5) is 10.7. The van der Waals surface area contributed by atoms with E-state index >= 15 is 0 Å². The van der Waals surface area contributed by atoms with E-state index in [9.17, 15) is 4.79 Å². The molecule has 0 amide bonds. The summed E-state index contributed by atoms with van der Waals surface area (Å²) in [7, 11) is 0. The van der Waals surface area contributed by atoms with Gasteiger partial charge < -0.3 is 5.32 Å². The molecule has 0 heterocycles. The Bertz CT molecular complexity index is 294. The van der Waals surface area contributed by atoms with Crippen molar-refractivity contribution < 1.29 is 4.79 Å². The summed E-state index contributed by atoms with van der Waals surface area (Å²) in [6.45, 7) is 4.38. The average Bonchev–Trinajstić information content (AvgIpc) is 2.03. The Morgan fingerprint density at radius 1 is 1.46 bits per heavy atom. The van der Waals surface area contributed by atoms with Gasteiger partial charge in [-0.3, -0.25) is 4.79 Å². The molecular formula is C11H15NO. The zero-order valence-corrected chi connectivity index (χ0v) is 8.13. The number of aryl methyl sites for hydroxylation is 1. The van der Waals surface area contributed by atoms with Crippen molar-refractivity contribution in [2.75, 3.05) is 11.9 Å². The van der Waals surface area contributed by atoms with Crippen LogP contribution in [0.2, 0.25) is 0 Å². The standard InChI is InChI=1S/C11H15NO/c1-9-4-3-5-11(8-9)12-7-6-10(2)13/h3-5,8,12H,6-7H2,1-2H3. The number of Topliss-reactive ketones (excluding diaryl/α,β-unsaturated/α-hetero) is 1. The van der Waals surface area contributed by atoms with Crippen LogP contribution in [0.1, 0.15) is 18.9 Å². The first-order valence-electron chi connectivity index (χ1n) is 4.48. The third-order valence-corrected chi connectivity index (χ3v) is 1.82. The van der Waals surface area contributed by atoms with Gasteiger partial charge in [0.2, 0.25) is 0 Å². The van der Waals surface area contributed by atoms with Gasteiger partial charge in [0.15, 0.2) is 0 Å². The minimum absolute atomic E-state index is 0.222. The van der Waals surface area contributed by atoms with E-state index in [1.165, 1.54) is 5.56 Å². The SMILES string of the molecule is CC(=O)CCNc1cccc(C)c1. The molecule has 1 aromatic carbocycles. The highest BCUT2D eigenvalue weighted by Crippen LogP contribution is 2.08. The van der Waals surface area contributed by atoms with Crippen LogP contribution in [-0.2, 0) is 4.79 Å². The minimum atomic E-state index is 0.222. The highest BCUT2D eigenvalue weighted by atomic mass is 16.1. The highest BCUT2D eigenvalue weighted by molar-refractivity contribution is 5.76. The summed E-state index contributed by atoms with van der Waals surface area (Å²) in [5.41, 5.74) is 2.31. The van der Waals surface area contributed by atoms with E-state index < -0.39 is 0 Å². The summed E-state index contributed by atoms with van der Waals surface area (Å²) in [6.07, 6.45) is 0.591. The third kappa shape index (κ3) is 3.74. The first-order valence-corrected chi connectivity index (χ1v) is 4.48. The number of carbonyl (C=O) groups is 1. The first-order chi connectivity index (χ1) is 6.18. The van der Waals surface area contributed by atoms with Gasteiger partial charge in [-0.25, -0.2) is 0 Å². The summed E-state index contributed by atoms with van der Waals surface area (Å²) in [5, 5.41) is 3.20. The lowest BCUT2D eigenvalue weighted by atomic mass is 10.2. The van der Waals surface area contributed by atoms with Crippen molar-refractivity contribution in [2.24, 2.45) is 0 Å². The van der Waals surface area contributed by atoms with Gasteiger partial charge in [0.25, 0.3) is 0 Å². The topological polar surface area (TPSA) is 29.1 Å². The van der Waals surface area contributed by atoms with Crippen molar-refractivity contribution in [1.82, 2.24) is 0 Å². The van der Waals surface area contributed by atoms with Gasteiger partial charge in [0, 0.05) is 18.7 Å². The zero-order chi connectivity index (χ0) is 9.68. The fraction of sp³-hybridized carbons (Fsp3) is 0.364. The molecule has 2 heteroatoms. The van der Waals surface area contributed by atoms with Gasteiger partial charge in [0.05, 0.1) is 0 Å². The van der Waals surface area contributed by atoms with E-state index in [1.54, 1.807) is 6.92 Å². The summed E-state index contributed by atoms with van der Waals surface area (Å²) >= 11 is 0. The van der Waals surface area contributed by atoms with E-state index in [2.05, 4.69) is 24.4 Å². The summed E-state index contributed by atoms with van der Waals surface area (Å²) in [5.74, 6) is 0.222. The maximum absolute atomic E-state index is 10.7.